The zero-order valence-corrected chi connectivity index (χ0v) is 18.2. The van der Waals surface area contributed by atoms with Gasteiger partial charge < -0.3 is 24.4 Å². The molecule has 33 heavy (non-hydrogen) atoms. The standard InChI is InChI=1S/C26H23NO6/c1-16(2)31-20-12-13-22-21(14-20)23(25(28)33-26(27)29)24(32-22)18-8-10-19(11-9-18)30-15-17-6-4-3-5-7-17/h3-14,16H,15H2,1-2H3,(H2,27,29). The third kappa shape index (κ3) is 5.15. The van der Waals surface area contributed by atoms with Gasteiger partial charge in [0.05, 0.1) is 6.10 Å². The molecule has 0 bridgehead atoms. The first-order valence-corrected chi connectivity index (χ1v) is 10.4. The fourth-order valence-corrected chi connectivity index (χ4v) is 3.41. The van der Waals surface area contributed by atoms with Crippen LogP contribution in [0.2, 0.25) is 0 Å². The average Bonchev–Trinajstić information content (AvgIpc) is 3.17. The summed E-state index contributed by atoms with van der Waals surface area (Å²) in [6.45, 7) is 4.23. The van der Waals surface area contributed by atoms with Crippen molar-refractivity contribution in [2.45, 2.75) is 26.6 Å². The summed E-state index contributed by atoms with van der Waals surface area (Å²) in [6, 6.07) is 22.0. The van der Waals surface area contributed by atoms with Crippen LogP contribution >= 0.6 is 0 Å². The molecule has 0 spiro atoms. The van der Waals surface area contributed by atoms with E-state index >= 15 is 0 Å². The van der Waals surface area contributed by atoms with E-state index < -0.39 is 12.1 Å². The lowest BCUT2D eigenvalue weighted by Gasteiger charge is -2.09. The highest BCUT2D eigenvalue weighted by Gasteiger charge is 2.25. The first-order chi connectivity index (χ1) is 15.9. The number of hydrogen-bond acceptors (Lipinski definition) is 6. The normalized spacial score (nSPS) is 10.9. The number of fused-ring (bicyclic) bond motifs is 1. The lowest BCUT2D eigenvalue weighted by Crippen LogP contribution is -2.18. The van der Waals surface area contributed by atoms with Crippen molar-refractivity contribution in [1.82, 2.24) is 0 Å². The van der Waals surface area contributed by atoms with Gasteiger partial charge in [0, 0.05) is 10.9 Å². The van der Waals surface area contributed by atoms with Gasteiger partial charge in [0.2, 0.25) is 0 Å². The van der Waals surface area contributed by atoms with Gasteiger partial charge in [0.1, 0.15) is 35.0 Å². The summed E-state index contributed by atoms with van der Waals surface area (Å²) in [4.78, 5) is 24.0. The van der Waals surface area contributed by atoms with Gasteiger partial charge in [-0.05, 0) is 61.9 Å². The van der Waals surface area contributed by atoms with Crippen molar-refractivity contribution in [2.75, 3.05) is 0 Å². The van der Waals surface area contributed by atoms with E-state index in [1.54, 1.807) is 42.5 Å². The van der Waals surface area contributed by atoms with E-state index in [0.29, 0.717) is 34.6 Å². The number of carbonyl (C=O) groups is 2. The van der Waals surface area contributed by atoms with Crippen LogP contribution in [0.15, 0.2) is 77.2 Å². The molecule has 3 aromatic carbocycles. The maximum absolute atomic E-state index is 12.7. The van der Waals surface area contributed by atoms with Crippen LogP contribution in [0.4, 0.5) is 4.79 Å². The molecular weight excluding hydrogens is 422 g/mol. The molecule has 2 N–H and O–H groups in total. The molecule has 0 aliphatic carbocycles. The summed E-state index contributed by atoms with van der Waals surface area (Å²) in [5, 5.41) is 0.457. The summed E-state index contributed by atoms with van der Waals surface area (Å²) < 4.78 is 22.2. The first-order valence-electron chi connectivity index (χ1n) is 10.4. The molecule has 0 unspecified atom stereocenters. The van der Waals surface area contributed by atoms with Crippen LogP contribution in [0.3, 0.4) is 0 Å². The first kappa shape index (κ1) is 22.0. The van der Waals surface area contributed by atoms with Gasteiger partial charge in [-0.3, -0.25) is 0 Å². The van der Waals surface area contributed by atoms with Crippen molar-refractivity contribution in [3.8, 4) is 22.8 Å². The van der Waals surface area contributed by atoms with Crippen LogP contribution in [-0.4, -0.2) is 18.2 Å². The monoisotopic (exact) mass is 445 g/mol. The Hall–Kier alpha value is -4.26. The van der Waals surface area contributed by atoms with E-state index in [1.165, 1.54) is 0 Å². The molecular formula is C26H23NO6. The molecule has 1 amide bonds. The molecule has 0 radical (unpaired) electrons. The van der Waals surface area contributed by atoms with Crippen LogP contribution in [0.5, 0.6) is 11.5 Å². The number of furan rings is 1. The Bertz CT molecular complexity index is 1280. The molecule has 0 atom stereocenters. The number of amides is 1. The topological polar surface area (TPSA) is 101 Å². The fourth-order valence-electron chi connectivity index (χ4n) is 3.41. The molecule has 7 nitrogen and oxygen atoms in total. The summed E-state index contributed by atoms with van der Waals surface area (Å²) in [5.41, 5.74) is 7.28. The molecule has 0 saturated heterocycles. The highest BCUT2D eigenvalue weighted by molar-refractivity contribution is 6.11. The van der Waals surface area contributed by atoms with Gasteiger partial charge >= 0.3 is 12.1 Å². The quantitative estimate of drug-likeness (QED) is 0.289. The highest BCUT2D eigenvalue weighted by Crippen LogP contribution is 2.37. The Morgan fingerprint density at radius 1 is 0.939 bits per heavy atom. The summed E-state index contributed by atoms with van der Waals surface area (Å²) in [6.07, 6.45) is -1.25. The van der Waals surface area contributed by atoms with E-state index in [2.05, 4.69) is 4.74 Å². The lowest BCUT2D eigenvalue weighted by molar-refractivity contribution is 0.0640. The Morgan fingerprint density at radius 2 is 1.64 bits per heavy atom. The Kier molecular flexibility index (Phi) is 6.31. The number of esters is 1. The third-order valence-electron chi connectivity index (χ3n) is 4.79. The van der Waals surface area contributed by atoms with Crippen LogP contribution < -0.4 is 15.2 Å². The second-order valence-corrected chi connectivity index (χ2v) is 7.64. The summed E-state index contributed by atoms with van der Waals surface area (Å²) in [7, 11) is 0. The number of primary amides is 1. The van der Waals surface area contributed by atoms with Gasteiger partial charge in [0.25, 0.3) is 0 Å². The number of benzene rings is 3. The summed E-state index contributed by atoms with van der Waals surface area (Å²) in [5.74, 6) is 0.574. The van der Waals surface area contributed by atoms with Crippen LogP contribution in [0, 0.1) is 0 Å². The maximum Gasteiger partial charge on any atom is 0.412 e. The number of carbonyl (C=O) groups excluding carboxylic acids is 2. The average molecular weight is 445 g/mol. The SMILES string of the molecule is CC(C)Oc1ccc2oc(-c3ccc(OCc4ccccc4)cc3)c(C(=O)OC(N)=O)c2c1. The Balaban J connectivity index is 1.68. The molecule has 1 heterocycles. The molecule has 1 aromatic heterocycles. The predicted octanol–water partition coefficient (Wildman–Crippen LogP) is 5.70. The van der Waals surface area contributed by atoms with Gasteiger partial charge in [-0.25, -0.2) is 9.59 Å². The van der Waals surface area contributed by atoms with E-state index in [1.807, 2.05) is 44.2 Å². The minimum absolute atomic E-state index is 0.0572. The number of rotatable bonds is 7. The van der Waals surface area contributed by atoms with Gasteiger partial charge in [0.15, 0.2) is 0 Å². The van der Waals surface area contributed by atoms with E-state index in [9.17, 15) is 9.59 Å². The van der Waals surface area contributed by atoms with E-state index in [4.69, 9.17) is 19.6 Å². The van der Waals surface area contributed by atoms with Gasteiger partial charge in [-0.15, -0.1) is 0 Å². The highest BCUT2D eigenvalue weighted by atomic mass is 16.6. The van der Waals surface area contributed by atoms with Crippen molar-refractivity contribution >= 4 is 23.0 Å². The number of nitrogens with two attached hydrogens (primary N) is 1. The lowest BCUT2D eigenvalue weighted by atomic mass is 10.1. The molecule has 4 aromatic rings. The van der Waals surface area contributed by atoms with E-state index in [-0.39, 0.29) is 17.4 Å². The van der Waals surface area contributed by atoms with Crippen molar-refractivity contribution in [2.24, 2.45) is 5.73 Å². The van der Waals surface area contributed by atoms with Crippen LogP contribution in [-0.2, 0) is 11.3 Å². The molecule has 4 rings (SSSR count). The van der Waals surface area contributed by atoms with Crippen molar-refractivity contribution in [3.63, 3.8) is 0 Å². The second kappa shape index (κ2) is 9.48. The number of ether oxygens (including phenoxy) is 3. The van der Waals surface area contributed by atoms with Gasteiger partial charge in [-0.2, -0.15) is 0 Å². The zero-order valence-electron chi connectivity index (χ0n) is 18.2. The third-order valence-corrected chi connectivity index (χ3v) is 4.79. The smallest absolute Gasteiger partial charge is 0.412 e. The summed E-state index contributed by atoms with van der Waals surface area (Å²) >= 11 is 0. The Labute approximate surface area is 190 Å². The largest absolute Gasteiger partial charge is 0.491 e. The van der Waals surface area contributed by atoms with Crippen LogP contribution in [0.1, 0.15) is 29.8 Å². The minimum Gasteiger partial charge on any atom is -0.491 e. The van der Waals surface area contributed by atoms with E-state index in [0.717, 1.165) is 5.56 Å². The minimum atomic E-state index is -1.19. The molecule has 0 fully saturated rings. The molecule has 0 saturated carbocycles. The maximum atomic E-state index is 12.7. The van der Waals surface area contributed by atoms with Crippen LogP contribution in [0.25, 0.3) is 22.3 Å². The fraction of sp³-hybridized carbons (Fsp3) is 0.154. The van der Waals surface area contributed by atoms with Crippen molar-refractivity contribution in [3.05, 3.63) is 83.9 Å². The second-order valence-electron chi connectivity index (χ2n) is 7.64. The molecule has 168 valence electrons. The zero-order chi connectivity index (χ0) is 23.4. The molecule has 7 heteroatoms. The predicted molar refractivity (Wildman–Crippen MR) is 123 cm³/mol. The molecule has 0 aliphatic rings. The van der Waals surface area contributed by atoms with Gasteiger partial charge in [-0.1, -0.05) is 30.3 Å². The number of hydrogen-bond donors (Lipinski definition) is 1. The van der Waals surface area contributed by atoms with Crippen molar-refractivity contribution in [1.29, 1.82) is 0 Å². The Morgan fingerprint density at radius 3 is 2.30 bits per heavy atom. The van der Waals surface area contributed by atoms with Crippen molar-refractivity contribution < 1.29 is 28.2 Å². The molecule has 0 aliphatic heterocycles.